The van der Waals surface area contributed by atoms with E-state index in [1.54, 1.807) is 11.1 Å². The molecule has 0 saturated heterocycles. The van der Waals surface area contributed by atoms with Gasteiger partial charge in [-0.3, -0.25) is 9.78 Å². The molecule has 0 unspecified atom stereocenters. The lowest BCUT2D eigenvalue weighted by molar-refractivity contribution is -0.117. The van der Waals surface area contributed by atoms with Crippen LogP contribution >= 0.6 is 0 Å². The second-order valence-electron chi connectivity index (χ2n) is 10.9. The molecule has 28 heavy (non-hydrogen) atoms. The Morgan fingerprint density at radius 1 is 1.07 bits per heavy atom. The lowest BCUT2D eigenvalue weighted by Crippen LogP contribution is -2.52. The van der Waals surface area contributed by atoms with Gasteiger partial charge in [0.1, 0.15) is 0 Å². The molecule has 0 radical (unpaired) electrons. The van der Waals surface area contributed by atoms with Gasteiger partial charge >= 0.3 is 0 Å². The van der Waals surface area contributed by atoms with Gasteiger partial charge in [-0.15, -0.1) is 0 Å². The van der Waals surface area contributed by atoms with Gasteiger partial charge in [0.15, 0.2) is 5.78 Å². The van der Waals surface area contributed by atoms with Gasteiger partial charge in [-0.05, 0) is 102 Å². The Morgan fingerprint density at radius 2 is 1.93 bits per heavy atom. The highest BCUT2D eigenvalue weighted by atomic mass is 16.1. The molecule has 2 nitrogen and oxygen atoms in total. The van der Waals surface area contributed by atoms with Gasteiger partial charge in [0.05, 0.1) is 0 Å². The Balaban J connectivity index is 1.40. The molecule has 0 amide bonds. The molecule has 5 atom stereocenters. The first-order valence-electron chi connectivity index (χ1n) is 11.3. The molecule has 0 aliphatic heterocycles. The van der Waals surface area contributed by atoms with Gasteiger partial charge in [0, 0.05) is 18.8 Å². The Bertz CT molecular complexity index is 908. The maximum absolute atomic E-state index is 12.3. The summed E-state index contributed by atoms with van der Waals surface area (Å²) in [5.74, 6) is 2.72. The van der Waals surface area contributed by atoms with E-state index in [-0.39, 0.29) is 5.41 Å². The van der Waals surface area contributed by atoms with Crippen molar-refractivity contribution in [2.75, 3.05) is 0 Å². The van der Waals surface area contributed by atoms with Crippen molar-refractivity contribution >= 4 is 11.4 Å². The molecule has 3 saturated carbocycles. The van der Waals surface area contributed by atoms with Gasteiger partial charge in [0.25, 0.3) is 0 Å². The molecule has 3 fully saturated rings. The number of carbonyl (C=O) groups is 1. The van der Waals surface area contributed by atoms with Gasteiger partial charge in [-0.25, -0.2) is 0 Å². The van der Waals surface area contributed by atoms with Crippen LogP contribution in [0.5, 0.6) is 0 Å². The summed E-state index contributed by atoms with van der Waals surface area (Å²) >= 11 is 0. The fourth-order valence-electron chi connectivity index (χ4n) is 8.15. The zero-order valence-corrected chi connectivity index (χ0v) is 17.2. The van der Waals surface area contributed by atoms with Crippen molar-refractivity contribution in [3.8, 4) is 0 Å². The molecule has 5 aliphatic rings. The van der Waals surface area contributed by atoms with E-state index in [0.29, 0.717) is 16.6 Å². The van der Waals surface area contributed by atoms with Crippen molar-refractivity contribution in [2.24, 2.45) is 34.0 Å². The Labute approximate surface area is 168 Å². The number of carbonyl (C=O) groups excluding carboxylic acids is 1. The quantitative estimate of drug-likeness (QED) is 0.604. The fourth-order valence-corrected chi connectivity index (χ4v) is 8.15. The smallest absolute Gasteiger partial charge is 0.155 e. The number of fused-ring (bicyclic) bond motifs is 6. The predicted molar refractivity (Wildman–Crippen MR) is 111 cm³/mol. The van der Waals surface area contributed by atoms with Crippen LogP contribution in [0.15, 0.2) is 42.3 Å². The van der Waals surface area contributed by atoms with Crippen LogP contribution in [-0.4, -0.2) is 10.8 Å². The summed E-state index contributed by atoms with van der Waals surface area (Å²) in [5, 5.41) is 0. The Kier molecular flexibility index (Phi) is 3.35. The minimum absolute atomic E-state index is 0.270. The summed E-state index contributed by atoms with van der Waals surface area (Å²) < 4.78 is 0. The summed E-state index contributed by atoms with van der Waals surface area (Å²) in [6, 6.07) is 4.33. The minimum atomic E-state index is 0.270. The average molecular weight is 374 g/mol. The van der Waals surface area contributed by atoms with Gasteiger partial charge in [0.2, 0.25) is 0 Å². The molecule has 1 aromatic rings. The maximum atomic E-state index is 12.3. The molecule has 146 valence electrons. The monoisotopic (exact) mass is 373 g/mol. The van der Waals surface area contributed by atoms with Crippen molar-refractivity contribution in [1.82, 2.24) is 4.98 Å². The van der Waals surface area contributed by atoms with Crippen molar-refractivity contribution < 1.29 is 4.79 Å². The molecule has 0 aromatic carbocycles. The fraction of sp³-hybridized carbons (Fsp3) is 0.615. The van der Waals surface area contributed by atoms with Gasteiger partial charge < -0.3 is 0 Å². The molecular formula is C26H31NO. The number of aromatic nitrogens is 1. The summed E-state index contributed by atoms with van der Waals surface area (Å²) in [5.41, 5.74) is 5.40. The predicted octanol–water partition coefficient (Wildman–Crippen LogP) is 6.00. The van der Waals surface area contributed by atoms with Crippen molar-refractivity contribution in [1.29, 1.82) is 0 Å². The van der Waals surface area contributed by atoms with E-state index >= 15 is 0 Å². The highest BCUT2D eigenvalue weighted by Crippen LogP contribution is 2.74. The lowest BCUT2D eigenvalue weighted by atomic mass is 9.44. The average Bonchev–Trinajstić information content (AvgIpc) is 3.37. The zero-order valence-electron chi connectivity index (χ0n) is 17.2. The SMILES string of the molecule is C[C@]12CCC(=O)C=C1C1(CC1)C[C@@H]1[C@@H]2CC[C@]2(C)C(c3cccnc3)=CC[C@@H]12. The van der Waals surface area contributed by atoms with Crippen LogP contribution in [0.3, 0.4) is 0 Å². The first-order valence-corrected chi connectivity index (χ1v) is 11.3. The van der Waals surface area contributed by atoms with Crippen LogP contribution in [0, 0.1) is 34.0 Å². The number of pyridine rings is 1. The molecule has 1 spiro atoms. The first kappa shape index (κ1) is 17.2. The molecule has 2 heteroatoms. The first-order chi connectivity index (χ1) is 13.5. The molecule has 0 bridgehead atoms. The van der Waals surface area contributed by atoms with E-state index in [1.165, 1.54) is 44.1 Å². The zero-order chi connectivity index (χ0) is 19.1. The normalized spacial score (nSPS) is 42.9. The number of allylic oxidation sites excluding steroid dienone is 4. The Hall–Kier alpha value is -1.70. The summed E-state index contributed by atoms with van der Waals surface area (Å²) in [6.45, 7) is 5.06. The number of rotatable bonds is 1. The number of hydrogen-bond acceptors (Lipinski definition) is 2. The molecule has 6 rings (SSSR count). The number of ketones is 1. The summed E-state index contributed by atoms with van der Waals surface area (Å²) in [4.78, 5) is 16.7. The Morgan fingerprint density at radius 3 is 2.68 bits per heavy atom. The molecular weight excluding hydrogens is 342 g/mol. The standard InChI is InChI=1S/C26H31NO/c1-24-10-8-22-19(21(24)6-5-20(24)17-4-3-13-27-16-17)15-26(11-12-26)23-14-18(28)7-9-25(22,23)2/h3-5,13-14,16,19,21-22H,6-12,15H2,1-2H3/t19-,21-,22-,24+,25+/m0/s1. The third kappa shape index (κ3) is 2.10. The highest BCUT2D eigenvalue weighted by molar-refractivity contribution is 5.92. The van der Waals surface area contributed by atoms with Crippen molar-refractivity contribution in [2.45, 2.75) is 65.2 Å². The second kappa shape index (κ2) is 5.46. The van der Waals surface area contributed by atoms with Crippen LogP contribution in [0.25, 0.3) is 5.57 Å². The van der Waals surface area contributed by atoms with Crippen molar-refractivity contribution in [3.05, 3.63) is 47.8 Å². The molecule has 5 aliphatic carbocycles. The largest absolute Gasteiger partial charge is 0.295 e. The highest BCUT2D eigenvalue weighted by Gasteiger charge is 2.65. The lowest BCUT2D eigenvalue weighted by Gasteiger charge is -2.60. The second-order valence-corrected chi connectivity index (χ2v) is 10.9. The van der Waals surface area contributed by atoms with Crippen LogP contribution in [0.4, 0.5) is 0 Å². The third-order valence-corrected chi connectivity index (χ3v) is 9.67. The van der Waals surface area contributed by atoms with Gasteiger partial charge in [-0.2, -0.15) is 0 Å². The van der Waals surface area contributed by atoms with E-state index in [2.05, 4.69) is 49.3 Å². The summed E-state index contributed by atoms with van der Waals surface area (Å²) in [6.07, 6.45) is 18.2. The number of hydrogen-bond donors (Lipinski definition) is 0. The van der Waals surface area contributed by atoms with E-state index in [4.69, 9.17) is 0 Å². The van der Waals surface area contributed by atoms with Crippen LogP contribution in [0.2, 0.25) is 0 Å². The van der Waals surface area contributed by atoms with E-state index < -0.39 is 0 Å². The van der Waals surface area contributed by atoms with Crippen LogP contribution in [-0.2, 0) is 4.79 Å². The van der Waals surface area contributed by atoms with Crippen molar-refractivity contribution in [3.63, 3.8) is 0 Å². The van der Waals surface area contributed by atoms with E-state index in [0.717, 1.165) is 30.6 Å². The maximum Gasteiger partial charge on any atom is 0.155 e. The third-order valence-electron chi connectivity index (χ3n) is 9.67. The topological polar surface area (TPSA) is 30.0 Å². The molecule has 0 N–H and O–H groups in total. The number of nitrogens with zero attached hydrogens (tertiary/aromatic N) is 1. The van der Waals surface area contributed by atoms with Gasteiger partial charge in [-0.1, -0.05) is 31.6 Å². The summed E-state index contributed by atoms with van der Waals surface area (Å²) in [7, 11) is 0. The molecule has 1 aromatic heterocycles. The van der Waals surface area contributed by atoms with E-state index in [9.17, 15) is 4.79 Å². The minimum Gasteiger partial charge on any atom is -0.295 e. The van der Waals surface area contributed by atoms with E-state index in [1.807, 2.05) is 6.20 Å². The molecule has 1 heterocycles. The van der Waals surface area contributed by atoms with Crippen LogP contribution < -0.4 is 0 Å². The van der Waals surface area contributed by atoms with Crippen LogP contribution in [0.1, 0.15) is 70.8 Å².